The summed E-state index contributed by atoms with van der Waals surface area (Å²) in [6, 6.07) is 5.63. The number of methoxy groups -OCH3 is 1. The van der Waals surface area contributed by atoms with Crippen molar-refractivity contribution in [1.29, 1.82) is 0 Å². The van der Waals surface area contributed by atoms with E-state index in [9.17, 15) is 9.59 Å². The van der Waals surface area contributed by atoms with E-state index in [2.05, 4.69) is 22.5 Å². The average Bonchev–Trinajstić information content (AvgIpc) is 2.47. The highest BCUT2D eigenvalue weighted by atomic mass is 35.5. The van der Waals surface area contributed by atoms with E-state index >= 15 is 0 Å². The van der Waals surface area contributed by atoms with E-state index < -0.39 is 6.04 Å². The average molecular weight is 329 g/mol. The second kappa shape index (κ2) is 10.6. The van der Waals surface area contributed by atoms with Crippen molar-refractivity contribution in [2.45, 2.75) is 6.04 Å². The maximum absolute atomic E-state index is 11.7. The van der Waals surface area contributed by atoms with Gasteiger partial charge in [0.05, 0.1) is 6.61 Å². The van der Waals surface area contributed by atoms with Crippen LogP contribution in [0.2, 0.25) is 0 Å². The van der Waals surface area contributed by atoms with Gasteiger partial charge in [0.15, 0.2) is 0 Å². The number of halogens is 1. The van der Waals surface area contributed by atoms with Gasteiger partial charge in [0.1, 0.15) is 6.04 Å². The van der Waals surface area contributed by atoms with Crippen molar-refractivity contribution in [1.82, 2.24) is 5.32 Å². The van der Waals surface area contributed by atoms with Crippen molar-refractivity contribution >= 4 is 35.7 Å². The van der Waals surface area contributed by atoms with Crippen LogP contribution in [0, 0.1) is 0 Å². The number of hydrogen-bond donors (Lipinski definition) is 4. The van der Waals surface area contributed by atoms with Gasteiger partial charge in [0.25, 0.3) is 0 Å². The fourth-order valence-electron chi connectivity index (χ4n) is 1.47. The summed E-state index contributed by atoms with van der Waals surface area (Å²) < 4.78 is 4.81. The van der Waals surface area contributed by atoms with Crippen molar-refractivity contribution in [3.05, 3.63) is 36.9 Å². The van der Waals surface area contributed by atoms with E-state index in [0.717, 1.165) is 0 Å². The lowest BCUT2D eigenvalue weighted by Crippen LogP contribution is -2.39. The first-order chi connectivity index (χ1) is 10.1. The smallest absolute Gasteiger partial charge is 0.319 e. The van der Waals surface area contributed by atoms with Crippen molar-refractivity contribution in [2.75, 3.05) is 30.9 Å². The van der Waals surface area contributed by atoms with E-state index in [0.29, 0.717) is 17.9 Å². The Hall–Kier alpha value is -2.09. The normalized spacial score (nSPS) is 10.8. The van der Waals surface area contributed by atoms with Crippen LogP contribution in [0.3, 0.4) is 0 Å². The third kappa shape index (κ3) is 7.07. The number of hydrogen-bond acceptors (Lipinski definition) is 4. The lowest BCUT2D eigenvalue weighted by molar-refractivity contribution is -0.118. The molecule has 0 saturated carbocycles. The molecule has 8 heteroatoms. The molecule has 0 saturated heterocycles. The Kier molecular flexibility index (Phi) is 9.60. The molecule has 22 heavy (non-hydrogen) atoms. The van der Waals surface area contributed by atoms with Crippen molar-refractivity contribution in [3.8, 4) is 0 Å². The molecule has 0 heterocycles. The molecule has 0 aliphatic carbocycles. The van der Waals surface area contributed by atoms with Crippen LogP contribution in [0.4, 0.5) is 16.2 Å². The first kappa shape index (κ1) is 19.9. The molecule has 0 aliphatic heterocycles. The molecule has 0 aliphatic rings. The molecule has 0 spiro atoms. The Morgan fingerprint density at radius 1 is 1.27 bits per heavy atom. The molecule has 3 amide bonds. The number of carbonyl (C=O) groups excluding carboxylic acids is 2. The number of amides is 3. The van der Waals surface area contributed by atoms with Gasteiger partial charge < -0.3 is 26.4 Å². The molecule has 1 atom stereocenters. The monoisotopic (exact) mass is 328 g/mol. The van der Waals surface area contributed by atoms with Gasteiger partial charge in [-0.05, 0) is 24.3 Å². The molecule has 7 nitrogen and oxygen atoms in total. The van der Waals surface area contributed by atoms with E-state index in [-0.39, 0.29) is 31.0 Å². The summed E-state index contributed by atoms with van der Waals surface area (Å²) in [5.74, 6) is -0.332. The SMILES string of the molecule is C=CCNC(=O)Nc1ccc(NC(=O)C(N)COC)cc1.Cl. The Labute approximate surface area is 135 Å². The fraction of sp³-hybridized carbons (Fsp3) is 0.286. The first-order valence-electron chi connectivity index (χ1n) is 6.38. The number of ether oxygens (including phenoxy) is 1. The second-order valence-electron chi connectivity index (χ2n) is 4.25. The number of carbonyl (C=O) groups is 2. The number of nitrogens with two attached hydrogens (primary N) is 1. The van der Waals surface area contributed by atoms with Gasteiger partial charge in [0, 0.05) is 25.0 Å². The lowest BCUT2D eigenvalue weighted by atomic mass is 10.2. The summed E-state index contributed by atoms with van der Waals surface area (Å²) in [4.78, 5) is 23.1. The van der Waals surface area contributed by atoms with Crippen molar-refractivity contribution in [3.63, 3.8) is 0 Å². The lowest BCUT2D eigenvalue weighted by Gasteiger charge is -2.12. The highest BCUT2D eigenvalue weighted by Crippen LogP contribution is 2.13. The Morgan fingerprint density at radius 2 is 1.82 bits per heavy atom. The van der Waals surface area contributed by atoms with Crippen molar-refractivity contribution < 1.29 is 14.3 Å². The maximum atomic E-state index is 11.7. The predicted molar refractivity (Wildman–Crippen MR) is 89.4 cm³/mol. The van der Waals surface area contributed by atoms with Crippen LogP contribution in [-0.2, 0) is 9.53 Å². The second-order valence-corrected chi connectivity index (χ2v) is 4.25. The largest absolute Gasteiger partial charge is 0.383 e. The summed E-state index contributed by atoms with van der Waals surface area (Å²) >= 11 is 0. The molecule has 0 radical (unpaired) electrons. The summed E-state index contributed by atoms with van der Waals surface area (Å²) in [6.45, 7) is 4.04. The molecule has 0 bridgehead atoms. The van der Waals surface area contributed by atoms with Gasteiger partial charge in [0.2, 0.25) is 5.91 Å². The van der Waals surface area contributed by atoms with E-state index in [1.54, 1.807) is 30.3 Å². The number of rotatable bonds is 7. The third-order valence-corrected chi connectivity index (χ3v) is 2.50. The molecule has 5 N–H and O–H groups in total. The standard InChI is InChI=1S/C14H20N4O3.ClH/c1-3-8-16-14(20)18-11-6-4-10(5-7-11)17-13(19)12(15)9-21-2;/h3-7,12H,1,8-9,15H2,2H3,(H,17,19)(H2,16,18,20);1H. The first-order valence-corrected chi connectivity index (χ1v) is 6.38. The van der Waals surface area contributed by atoms with Gasteiger partial charge in [-0.25, -0.2) is 4.79 Å². The van der Waals surface area contributed by atoms with Crippen LogP contribution in [0.1, 0.15) is 0 Å². The van der Waals surface area contributed by atoms with Crippen LogP contribution in [0.25, 0.3) is 0 Å². The van der Waals surface area contributed by atoms with Crippen LogP contribution in [0.5, 0.6) is 0 Å². The molecule has 0 aromatic heterocycles. The Balaban J connectivity index is 0.00000441. The topological polar surface area (TPSA) is 105 Å². The minimum Gasteiger partial charge on any atom is -0.383 e. The summed E-state index contributed by atoms with van der Waals surface area (Å²) in [7, 11) is 1.48. The number of urea groups is 1. The maximum Gasteiger partial charge on any atom is 0.319 e. The molecular weight excluding hydrogens is 308 g/mol. The Bertz CT molecular complexity index is 493. The van der Waals surface area contributed by atoms with Gasteiger partial charge >= 0.3 is 6.03 Å². The zero-order valence-corrected chi connectivity index (χ0v) is 13.1. The quantitative estimate of drug-likeness (QED) is 0.566. The van der Waals surface area contributed by atoms with Crippen molar-refractivity contribution in [2.24, 2.45) is 5.73 Å². The molecule has 1 aromatic rings. The number of benzene rings is 1. The van der Waals surface area contributed by atoms with Gasteiger partial charge in [-0.2, -0.15) is 0 Å². The molecule has 0 fully saturated rings. The molecular formula is C14H21ClN4O3. The highest BCUT2D eigenvalue weighted by Gasteiger charge is 2.12. The third-order valence-electron chi connectivity index (χ3n) is 2.50. The zero-order chi connectivity index (χ0) is 15.7. The highest BCUT2D eigenvalue weighted by molar-refractivity contribution is 5.95. The zero-order valence-electron chi connectivity index (χ0n) is 12.3. The molecule has 1 aromatic carbocycles. The summed E-state index contributed by atoms with van der Waals surface area (Å²) in [5.41, 5.74) is 6.80. The molecule has 1 rings (SSSR count). The van der Waals surface area contributed by atoms with Crippen LogP contribution in [0.15, 0.2) is 36.9 Å². The minimum atomic E-state index is -0.725. The minimum absolute atomic E-state index is 0. The van der Waals surface area contributed by atoms with E-state index in [4.69, 9.17) is 10.5 Å². The van der Waals surface area contributed by atoms with E-state index in [1.165, 1.54) is 7.11 Å². The van der Waals surface area contributed by atoms with Crippen LogP contribution in [-0.4, -0.2) is 38.2 Å². The molecule has 1 unspecified atom stereocenters. The van der Waals surface area contributed by atoms with Crippen LogP contribution < -0.4 is 21.7 Å². The molecule has 122 valence electrons. The van der Waals surface area contributed by atoms with Gasteiger partial charge in [-0.3, -0.25) is 4.79 Å². The Morgan fingerprint density at radius 3 is 2.32 bits per heavy atom. The number of nitrogens with one attached hydrogen (secondary N) is 3. The number of anilines is 2. The predicted octanol–water partition coefficient (Wildman–Crippen LogP) is 1.33. The van der Waals surface area contributed by atoms with Crippen LogP contribution >= 0.6 is 12.4 Å². The summed E-state index contributed by atoms with van der Waals surface area (Å²) in [5, 5.41) is 7.89. The summed E-state index contributed by atoms with van der Waals surface area (Å²) in [6.07, 6.45) is 1.58. The van der Waals surface area contributed by atoms with Gasteiger partial charge in [-0.1, -0.05) is 6.08 Å². The van der Waals surface area contributed by atoms with E-state index in [1.807, 2.05) is 0 Å². The van der Waals surface area contributed by atoms with Gasteiger partial charge in [-0.15, -0.1) is 19.0 Å². The fourth-order valence-corrected chi connectivity index (χ4v) is 1.47.